The summed E-state index contributed by atoms with van der Waals surface area (Å²) in [7, 11) is 0. The summed E-state index contributed by atoms with van der Waals surface area (Å²) in [6.07, 6.45) is 0.879. The van der Waals surface area contributed by atoms with E-state index in [4.69, 9.17) is 4.52 Å². The van der Waals surface area contributed by atoms with Crippen molar-refractivity contribution in [2.75, 3.05) is 17.6 Å². The van der Waals surface area contributed by atoms with E-state index >= 15 is 0 Å². The van der Waals surface area contributed by atoms with Gasteiger partial charge in [-0.25, -0.2) is 0 Å². The largest absolute Gasteiger partial charge is 0.361 e. The van der Waals surface area contributed by atoms with Gasteiger partial charge in [0.15, 0.2) is 0 Å². The summed E-state index contributed by atoms with van der Waals surface area (Å²) in [6, 6.07) is 6.94. The highest BCUT2D eigenvalue weighted by molar-refractivity contribution is 7.99. The average Bonchev–Trinajstić information content (AvgIpc) is 2.91. The number of thioether (sulfide) groups is 1. The average molecular weight is 361 g/mol. The number of nitrogens with one attached hydrogen (secondary N) is 2. The lowest BCUT2D eigenvalue weighted by Crippen LogP contribution is -2.24. The molecule has 0 aliphatic carbocycles. The van der Waals surface area contributed by atoms with Gasteiger partial charge >= 0.3 is 0 Å². The fourth-order valence-electron chi connectivity index (χ4n) is 2.23. The van der Waals surface area contributed by atoms with Gasteiger partial charge in [0, 0.05) is 29.1 Å². The van der Waals surface area contributed by atoms with Crippen LogP contribution in [0.5, 0.6) is 0 Å². The van der Waals surface area contributed by atoms with Gasteiger partial charge in [0.05, 0.1) is 11.4 Å². The van der Waals surface area contributed by atoms with Crippen molar-refractivity contribution < 1.29 is 14.1 Å². The predicted octanol–water partition coefficient (Wildman–Crippen LogP) is 3.30. The Balaban J connectivity index is 1.85. The van der Waals surface area contributed by atoms with Crippen LogP contribution in [0, 0.1) is 13.8 Å². The topological polar surface area (TPSA) is 84.2 Å². The van der Waals surface area contributed by atoms with E-state index in [1.807, 2.05) is 20.8 Å². The highest BCUT2D eigenvalue weighted by Crippen LogP contribution is 2.19. The minimum absolute atomic E-state index is 0.108. The highest BCUT2D eigenvalue weighted by atomic mass is 32.2. The number of rotatable bonds is 8. The smallest absolute Gasteiger partial charge is 0.251 e. The van der Waals surface area contributed by atoms with Crippen molar-refractivity contribution in [2.24, 2.45) is 0 Å². The summed E-state index contributed by atoms with van der Waals surface area (Å²) in [5.41, 5.74) is 3.05. The number of aryl methyl sites for hydroxylation is 2. The van der Waals surface area contributed by atoms with Crippen molar-refractivity contribution in [1.29, 1.82) is 0 Å². The van der Waals surface area contributed by atoms with Crippen molar-refractivity contribution in [2.45, 2.75) is 32.9 Å². The highest BCUT2D eigenvalue weighted by Gasteiger charge is 2.11. The minimum atomic E-state index is -0.134. The zero-order chi connectivity index (χ0) is 18.2. The van der Waals surface area contributed by atoms with Crippen LogP contribution in [0.2, 0.25) is 0 Å². The number of hydrogen-bond donors (Lipinski definition) is 2. The van der Waals surface area contributed by atoms with Gasteiger partial charge in [-0.1, -0.05) is 18.1 Å². The van der Waals surface area contributed by atoms with E-state index in [1.165, 1.54) is 11.8 Å². The Kier molecular flexibility index (Phi) is 7.06. The molecule has 0 bridgehead atoms. The molecule has 0 radical (unpaired) electrons. The molecule has 1 heterocycles. The molecule has 134 valence electrons. The first-order valence-electron chi connectivity index (χ1n) is 8.19. The molecule has 2 N–H and O–H groups in total. The maximum atomic E-state index is 12.1. The summed E-state index contributed by atoms with van der Waals surface area (Å²) >= 11 is 1.50. The number of benzene rings is 1. The molecule has 6 nitrogen and oxygen atoms in total. The van der Waals surface area contributed by atoms with Crippen molar-refractivity contribution in [3.63, 3.8) is 0 Å². The second kappa shape index (κ2) is 9.27. The molecule has 7 heteroatoms. The van der Waals surface area contributed by atoms with Crippen LogP contribution in [0.1, 0.15) is 40.7 Å². The number of nitrogens with zero attached hydrogens (tertiary/aromatic N) is 1. The molecule has 2 amide bonds. The van der Waals surface area contributed by atoms with Crippen molar-refractivity contribution >= 4 is 29.3 Å². The normalized spacial score (nSPS) is 10.5. The Hall–Kier alpha value is -2.28. The van der Waals surface area contributed by atoms with Gasteiger partial charge in [-0.05, 0) is 38.5 Å². The number of aromatic nitrogens is 1. The van der Waals surface area contributed by atoms with E-state index in [2.05, 4.69) is 15.8 Å². The van der Waals surface area contributed by atoms with Crippen LogP contribution in [-0.4, -0.2) is 29.3 Å². The van der Waals surface area contributed by atoms with Crippen LogP contribution < -0.4 is 10.6 Å². The summed E-state index contributed by atoms with van der Waals surface area (Å²) in [5, 5.41) is 9.55. The van der Waals surface area contributed by atoms with Crippen molar-refractivity contribution in [3.05, 3.63) is 46.8 Å². The lowest BCUT2D eigenvalue weighted by molar-refractivity contribution is -0.113. The third-order valence-electron chi connectivity index (χ3n) is 3.60. The molecule has 0 spiro atoms. The van der Waals surface area contributed by atoms with E-state index < -0.39 is 0 Å². The first-order valence-corrected chi connectivity index (χ1v) is 9.34. The first kappa shape index (κ1) is 19.1. The number of carbonyl (C=O) groups is 2. The molecule has 0 fully saturated rings. The standard InChI is InChI=1S/C18H23N3O3S/c1-4-8-19-18(23)14-6-5-7-15(9-14)20-17(22)11-25-10-16-12(2)21-24-13(16)3/h5-7,9H,4,8,10-11H2,1-3H3,(H,19,23)(H,20,22). The first-order chi connectivity index (χ1) is 12.0. The maximum Gasteiger partial charge on any atom is 0.251 e. The van der Waals surface area contributed by atoms with Crippen LogP contribution >= 0.6 is 11.8 Å². The van der Waals surface area contributed by atoms with Gasteiger partial charge in [-0.2, -0.15) is 0 Å². The molecule has 0 aliphatic heterocycles. The maximum absolute atomic E-state index is 12.1. The Labute approximate surface area is 151 Å². The molecule has 0 saturated heterocycles. The Bertz CT molecular complexity index is 723. The van der Waals surface area contributed by atoms with Crippen molar-refractivity contribution in [1.82, 2.24) is 10.5 Å². The third-order valence-corrected chi connectivity index (χ3v) is 4.56. The molecule has 0 atom stereocenters. The SMILES string of the molecule is CCCNC(=O)c1cccc(NC(=O)CSCc2c(C)noc2C)c1. The summed E-state index contributed by atoms with van der Waals surface area (Å²) in [6.45, 7) is 6.39. The Morgan fingerprint density at radius 2 is 2.08 bits per heavy atom. The third kappa shape index (κ3) is 5.63. The molecule has 0 unspecified atom stereocenters. The summed E-state index contributed by atoms with van der Waals surface area (Å²) < 4.78 is 5.11. The Morgan fingerprint density at radius 1 is 1.28 bits per heavy atom. The quantitative estimate of drug-likeness (QED) is 0.754. The zero-order valence-corrected chi connectivity index (χ0v) is 15.5. The monoisotopic (exact) mass is 361 g/mol. The van der Waals surface area contributed by atoms with Crippen LogP contribution in [0.3, 0.4) is 0 Å². The zero-order valence-electron chi connectivity index (χ0n) is 14.7. The second-order valence-corrected chi connectivity index (χ2v) is 6.67. The van der Waals surface area contributed by atoms with E-state index in [0.29, 0.717) is 29.3 Å². The van der Waals surface area contributed by atoms with Crippen molar-refractivity contribution in [3.8, 4) is 0 Å². The minimum Gasteiger partial charge on any atom is -0.361 e. The Morgan fingerprint density at radius 3 is 2.76 bits per heavy atom. The van der Waals surface area contributed by atoms with E-state index in [1.54, 1.807) is 24.3 Å². The molecule has 25 heavy (non-hydrogen) atoms. The van der Waals surface area contributed by atoms with Crippen LogP contribution in [0.15, 0.2) is 28.8 Å². The molecular formula is C18H23N3O3S. The van der Waals surface area contributed by atoms with Gasteiger partial charge in [-0.3, -0.25) is 9.59 Å². The fourth-order valence-corrected chi connectivity index (χ4v) is 3.21. The van der Waals surface area contributed by atoms with E-state index in [9.17, 15) is 9.59 Å². The number of anilines is 1. The second-order valence-electron chi connectivity index (χ2n) is 5.68. The molecule has 0 saturated carbocycles. The van der Waals surface area contributed by atoms with E-state index in [-0.39, 0.29) is 11.8 Å². The number of carbonyl (C=O) groups excluding carboxylic acids is 2. The lowest BCUT2D eigenvalue weighted by atomic mass is 10.2. The molecule has 1 aromatic heterocycles. The molecule has 0 aliphatic rings. The van der Waals surface area contributed by atoms with Crippen LogP contribution in [-0.2, 0) is 10.5 Å². The lowest BCUT2D eigenvalue weighted by Gasteiger charge is -2.08. The summed E-state index contributed by atoms with van der Waals surface area (Å²) in [4.78, 5) is 24.1. The van der Waals surface area contributed by atoms with E-state index in [0.717, 1.165) is 23.4 Å². The molecule has 2 rings (SSSR count). The van der Waals surface area contributed by atoms with Gasteiger partial charge < -0.3 is 15.2 Å². The molecular weight excluding hydrogens is 338 g/mol. The number of hydrogen-bond acceptors (Lipinski definition) is 5. The summed E-state index contributed by atoms with van der Waals surface area (Å²) in [5.74, 6) is 1.54. The van der Waals surface area contributed by atoms with Crippen LogP contribution in [0.25, 0.3) is 0 Å². The van der Waals surface area contributed by atoms with Gasteiger partial charge in [0.25, 0.3) is 5.91 Å². The van der Waals surface area contributed by atoms with Gasteiger partial charge in [0.2, 0.25) is 5.91 Å². The van der Waals surface area contributed by atoms with Gasteiger partial charge in [0.1, 0.15) is 5.76 Å². The number of amides is 2. The fraction of sp³-hybridized carbons (Fsp3) is 0.389. The molecule has 2 aromatic rings. The molecule has 1 aromatic carbocycles. The van der Waals surface area contributed by atoms with Gasteiger partial charge in [-0.15, -0.1) is 11.8 Å². The predicted molar refractivity (Wildman–Crippen MR) is 99.8 cm³/mol. The van der Waals surface area contributed by atoms with Crippen LogP contribution in [0.4, 0.5) is 5.69 Å².